The van der Waals surface area contributed by atoms with Crippen molar-refractivity contribution in [1.29, 1.82) is 0 Å². The molecule has 0 atom stereocenters. The largest absolute Gasteiger partial charge is 0.478 e. The van der Waals surface area contributed by atoms with Crippen molar-refractivity contribution >= 4 is 29.1 Å². The lowest BCUT2D eigenvalue weighted by atomic mass is 9.85. The number of carbonyl (C=O) groups excluding carboxylic acids is 1. The molecule has 0 aromatic heterocycles. The first kappa shape index (κ1) is 25.3. The number of rotatable bonds is 9. The van der Waals surface area contributed by atoms with Crippen molar-refractivity contribution in [2.75, 3.05) is 28.6 Å². The fraction of sp³-hybridized carbons (Fsp3) is 0.333. The van der Waals surface area contributed by atoms with Gasteiger partial charge < -0.3 is 20.6 Å². The summed E-state index contributed by atoms with van der Waals surface area (Å²) in [4.78, 5) is 27.3. The maximum Gasteiger partial charge on any atom is 0.336 e. The van der Waals surface area contributed by atoms with Crippen molar-refractivity contribution < 1.29 is 14.7 Å². The number of carboxylic acid groups (broad SMARTS) is 1. The van der Waals surface area contributed by atoms with E-state index in [1.165, 1.54) is 19.3 Å². The number of hydrogen-bond acceptors (Lipinski definition) is 3. The van der Waals surface area contributed by atoms with Gasteiger partial charge in [-0.25, -0.2) is 9.59 Å². The van der Waals surface area contributed by atoms with Gasteiger partial charge in [0.2, 0.25) is 0 Å². The average Bonchev–Trinajstić information content (AvgIpc) is 2.82. The van der Waals surface area contributed by atoms with E-state index < -0.39 is 5.97 Å². The summed E-state index contributed by atoms with van der Waals surface area (Å²) >= 11 is 0. The Balaban J connectivity index is 1.70. The lowest BCUT2D eigenvalue weighted by Gasteiger charge is -2.36. The Morgan fingerprint density at radius 1 is 1.00 bits per heavy atom. The normalized spacial score (nSPS) is 13.2. The van der Waals surface area contributed by atoms with Gasteiger partial charge in [-0.3, -0.25) is 0 Å². The molecule has 3 aromatic carbocycles. The molecule has 188 valence electrons. The molecule has 0 saturated heterocycles. The number of benzene rings is 3. The lowest BCUT2D eigenvalue weighted by Crippen LogP contribution is -2.36. The molecule has 1 fully saturated rings. The monoisotopic (exact) mass is 485 g/mol. The summed E-state index contributed by atoms with van der Waals surface area (Å²) < 4.78 is 0. The molecule has 0 heterocycles. The highest BCUT2D eigenvalue weighted by molar-refractivity contribution is 6.03. The summed E-state index contributed by atoms with van der Waals surface area (Å²) in [6, 6.07) is 20.1. The van der Waals surface area contributed by atoms with Crippen LogP contribution in [0.2, 0.25) is 0 Å². The van der Waals surface area contributed by atoms with Gasteiger partial charge in [-0.05, 0) is 73.1 Å². The van der Waals surface area contributed by atoms with Crippen molar-refractivity contribution in [2.45, 2.75) is 40.0 Å². The van der Waals surface area contributed by atoms with Gasteiger partial charge in [0.25, 0.3) is 0 Å². The van der Waals surface area contributed by atoms with E-state index >= 15 is 0 Å². The molecule has 0 unspecified atom stereocenters. The van der Waals surface area contributed by atoms with Crippen molar-refractivity contribution in [3.05, 3.63) is 77.9 Å². The number of aryl methyl sites for hydroxylation is 1. The molecule has 0 radical (unpaired) electrons. The van der Waals surface area contributed by atoms with Crippen LogP contribution in [-0.2, 0) is 0 Å². The van der Waals surface area contributed by atoms with Crippen LogP contribution in [0.5, 0.6) is 0 Å². The van der Waals surface area contributed by atoms with Crippen LogP contribution < -0.4 is 15.5 Å². The highest BCUT2D eigenvalue weighted by Gasteiger charge is 2.24. The number of aromatic carboxylic acids is 1. The topological polar surface area (TPSA) is 81.7 Å². The zero-order chi connectivity index (χ0) is 25.7. The van der Waals surface area contributed by atoms with E-state index in [0.29, 0.717) is 28.8 Å². The summed E-state index contributed by atoms with van der Waals surface area (Å²) in [6.45, 7) is 8.21. The minimum Gasteiger partial charge on any atom is -0.478 e. The zero-order valence-corrected chi connectivity index (χ0v) is 21.3. The van der Waals surface area contributed by atoms with Crippen molar-refractivity contribution in [1.82, 2.24) is 0 Å². The zero-order valence-electron chi connectivity index (χ0n) is 21.3. The molecule has 3 aromatic rings. The van der Waals surface area contributed by atoms with Crippen LogP contribution in [-0.4, -0.2) is 30.2 Å². The SMILES string of the molecule is Cc1ccc(NC(=O)Nc2cc(-c3ccccc3C(=O)O)ccc2N(CC(C)C)CC2CCC2)cc1. The number of nitrogens with one attached hydrogen (secondary N) is 2. The van der Waals surface area contributed by atoms with E-state index in [2.05, 4.69) is 29.4 Å². The molecular formula is C30H35N3O3. The van der Waals surface area contributed by atoms with Gasteiger partial charge in [0, 0.05) is 18.8 Å². The van der Waals surface area contributed by atoms with Gasteiger partial charge in [0.1, 0.15) is 0 Å². The van der Waals surface area contributed by atoms with Gasteiger partial charge in [-0.2, -0.15) is 0 Å². The summed E-state index contributed by atoms with van der Waals surface area (Å²) in [5, 5.41) is 15.7. The first-order chi connectivity index (χ1) is 17.3. The molecule has 6 nitrogen and oxygen atoms in total. The lowest BCUT2D eigenvalue weighted by molar-refractivity contribution is 0.0697. The number of carboxylic acids is 1. The molecule has 1 saturated carbocycles. The summed E-state index contributed by atoms with van der Waals surface area (Å²) in [5.41, 5.74) is 5.04. The first-order valence-electron chi connectivity index (χ1n) is 12.7. The molecule has 1 aliphatic carbocycles. The van der Waals surface area contributed by atoms with Crippen LogP contribution in [0.3, 0.4) is 0 Å². The fourth-order valence-corrected chi connectivity index (χ4v) is 4.62. The predicted molar refractivity (Wildman–Crippen MR) is 147 cm³/mol. The second-order valence-electron chi connectivity index (χ2n) is 10.1. The summed E-state index contributed by atoms with van der Waals surface area (Å²) in [7, 11) is 0. The first-order valence-corrected chi connectivity index (χ1v) is 12.7. The minimum atomic E-state index is -0.979. The molecule has 0 aliphatic heterocycles. The highest BCUT2D eigenvalue weighted by atomic mass is 16.4. The van der Waals surface area contributed by atoms with E-state index in [4.69, 9.17) is 0 Å². The minimum absolute atomic E-state index is 0.230. The second kappa shape index (κ2) is 11.3. The van der Waals surface area contributed by atoms with E-state index in [0.717, 1.165) is 29.9 Å². The third-order valence-electron chi connectivity index (χ3n) is 6.65. The van der Waals surface area contributed by atoms with E-state index in [-0.39, 0.29) is 11.6 Å². The molecule has 36 heavy (non-hydrogen) atoms. The van der Waals surface area contributed by atoms with Crippen molar-refractivity contribution in [3.8, 4) is 11.1 Å². The molecule has 1 aliphatic rings. The summed E-state index contributed by atoms with van der Waals surface area (Å²) in [6.07, 6.45) is 3.74. The van der Waals surface area contributed by atoms with Crippen LogP contribution in [0.1, 0.15) is 49.0 Å². The Morgan fingerprint density at radius 3 is 2.36 bits per heavy atom. The molecule has 6 heteroatoms. The average molecular weight is 486 g/mol. The Labute approximate surface area is 213 Å². The quantitative estimate of drug-likeness (QED) is 0.298. The molecule has 0 spiro atoms. The van der Waals surface area contributed by atoms with Gasteiger partial charge in [0.05, 0.1) is 16.9 Å². The van der Waals surface area contributed by atoms with E-state index in [1.54, 1.807) is 18.2 Å². The van der Waals surface area contributed by atoms with Crippen LogP contribution >= 0.6 is 0 Å². The Kier molecular flexibility index (Phi) is 7.93. The highest BCUT2D eigenvalue weighted by Crippen LogP contribution is 2.36. The second-order valence-corrected chi connectivity index (χ2v) is 10.1. The van der Waals surface area contributed by atoms with E-state index in [1.807, 2.05) is 55.5 Å². The predicted octanol–water partition coefficient (Wildman–Crippen LogP) is 7.27. The number of nitrogens with zero attached hydrogens (tertiary/aromatic N) is 1. The molecule has 2 amide bonds. The van der Waals surface area contributed by atoms with E-state index in [9.17, 15) is 14.7 Å². The number of anilines is 3. The third-order valence-corrected chi connectivity index (χ3v) is 6.65. The Morgan fingerprint density at radius 2 is 1.72 bits per heavy atom. The van der Waals surface area contributed by atoms with Crippen molar-refractivity contribution in [3.63, 3.8) is 0 Å². The van der Waals surface area contributed by atoms with Gasteiger partial charge >= 0.3 is 12.0 Å². The Hall–Kier alpha value is -3.80. The number of amides is 2. The molecule has 3 N–H and O–H groups in total. The maximum atomic E-state index is 13.0. The molecular weight excluding hydrogens is 450 g/mol. The third kappa shape index (κ3) is 6.25. The fourth-order valence-electron chi connectivity index (χ4n) is 4.62. The molecule has 4 rings (SSSR count). The van der Waals surface area contributed by atoms with Gasteiger partial charge in [-0.1, -0.05) is 62.2 Å². The standard InChI is InChI=1S/C30H35N3O3/c1-20(2)18-33(19-22-7-6-8-22)28-16-13-23(25-9-4-5-10-26(25)29(34)35)17-27(28)32-30(36)31-24-14-11-21(3)12-15-24/h4-5,9-17,20,22H,6-8,18-19H2,1-3H3,(H,34,35)(H2,31,32,36). The Bertz CT molecular complexity index is 1220. The maximum absolute atomic E-state index is 13.0. The van der Waals surface area contributed by atoms with Crippen LogP contribution in [0.4, 0.5) is 21.9 Å². The van der Waals surface area contributed by atoms with Gasteiger partial charge in [0.15, 0.2) is 0 Å². The van der Waals surface area contributed by atoms with Crippen LogP contribution in [0.25, 0.3) is 11.1 Å². The number of hydrogen-bond donors (Lipinski definition) is 3. The van der Waals surface area contributed by atoms with Gasteiger partial charge in [-0.15, -0.1) is 0 Å². The van der Waals surface area contributed by atoms with Crippen LogP contribution in [0, 0.1) is 18.8 Å². The van der Waals surface area contributed by atoms with Crippen molar-refractivity contribution in [2.24, 2.45) is 11.8 Å². The summed E-state index contributed by atoms with van der Waals surface area (Å²) in [5.74, 6) is 0.129. The number of urea groups is 1. The number of carbonyl (C=O) groups is 2. The smallest absolute Gasteiger partial charge is 0.336 e. The van der Waals surface area contributed by atoms with Crippen LogP contribution in [0.15, 0.2) is 66.7 Å². The molecule has 0 bridgehead atoms.